The number of nitrogens with zero attached hydrogens (tertiary/aromatic N) is 2. The average Bonchev–Trinajstić information content (AvgIpc) is 3.35. The Labute approximate surface area is 176 Å². The van der Waals surface area contributed by atoms with Gasteiger partial charge >= 0.3 is 0 Å². The van der Waals surface area contributed by atoms with Gasteiger partial charge in [-0.1, -0.05) is 11.6 Å². The molecule has 0 spiro atoms. The van der Waals surface area contributed by atoms with E-state index in [0.29, 0.717) is 10.6 Å². The van der Waals surface area contributed by atoms with E-state index < -0.39 is 9.84 Å². The summed E-state index contributed by atoms with van der Waals surface area (Å²) in [5.74, 6) is -0.0815. The third-order valence-corrected chi connectivity index (χ3v) is 7.98. The minimum Gasteiger partial charge on any atom is -0.347 e. The number of rotatable bonds is 4. The van der Waals surface area contributed by atoms with Crippen LogP contribution in [0, 0.1) is 13.8 Å². The van der Waals surface area contributed by atoms with Crippen LogP contribution in [0.25, 0.3) is 5.69 Å². The van der Waals surface area contributed by atoms with Crippen LogP contribution < -0.4 is 5.32 Å². The number of amides is 1. The summed E-state index contributed by atoms with van der Waals surface area (Å²) >= 11 is 5.99. The molecule has 0 bridgehead atoms. The summed E-state index contributed by atoms with van der Waals surface area (Å²) in [6.07, 6.45) is 2.17. The number of hydrogen-bond acceptors (Lipinski definition) is 4. The highest BCUT2D eigenvalue weighted by Gasteiger charge is 2.42. The van der Waals surface area contributed by atoms with Gasteiger partial charge in [-0.2, -0.15) is 0 Å². The number of carbonyl (C=O) groups excluding carboxylic acids is 1. The number of benzene rings is 1. The zero-order valence-corrected chi connectivity index (χ0v) is 18.3. The van der Waals surface area contributed by atoms with Gasteiger partial charge in [-0.3, -0.25) is 9.69 Å². The average molecular weight is 436 g/mol. The number of carbonyl (C=O) groups is 1. The van der Waals surface area contributed by atoms with Crippen LogP contribution in [0.3, 0.4) is 0 Å². The molecule has 1 amide bonds. The van der Waals surface area contributed by atoms with Crippen molar-refractivity contribution in [3.63, 3.8) is 0 Å². The first kappa shape index (κ1) is 20.4. The highest BCUT2D eigenvalue weighted by atomic mass is 35.5. The van der Waals surface area contributed by atoms with Gasteiger partial charge in [0.05, 0.1) is 23.1 Å². The first-order valence-corrected chi connectivity index (χ1v) is 12.2. The Morgan fingerprint density at radius 2 is 1.76 bits per heavy atom. The second kappa shape index (κ2) is 7.78. The molecule has 0 saturated carbocycles. The predicted octanol–water partition coefficient (Wildman–Crippen LogP) is 2.74. The van der Waals surface area contributed by atoms with E-state index in [1.165, 1.54) is 0 Å². The number of aromatic nitrogens is 1. The van der Waals surface area contributed by atoms with E-state index in [-0.39, 0.29) is 29.5 Å². The van der Waals surface area contributed by atoms with Gasteiger partial charge in [-0.15, -0.1) is 0 Å². The molecule has 4 rings (SSSR count). The third-order valence-electron chi connectivity index (χ3n) is 6.01. The predicted molar refractivity (Wildman–Crippen MR) is 115 cm³/mol. The summed E-state index contributed by atoms with van der Waals surface area (Å²) in [5, 5.41) is 3.68. The van der Waals surface area contributed by atoms with Crippen molar-refractivity contribution in [3.05, 3.63) is 52.3 Å². The maximum absolute atomic E-state index is 13.1. The number of nitrogens with one attached hydrogen (secondary N) is 1. The second-order valence-electron chi connectivity index (χ2n) is 8.06. The molecule has 2 aliphatic rings. The number of sulfone groups is 1. The van der Waals surface area contributed by atoms with E-state index in [2.05, 4.69) is 10.2 Å². The topological polar surface area (TPSA) is 71.4 Å². The molecule has 0 aliphatic carbocycles. The smallest absolute Gasteiger partial charge is 0.253 e. The van der Waals surface area contributed by atoms with Gasteiger partial charge in [0.2, 0.25) is 0 Å². The third kappa shape index (κ3) is 4.09. The molecule has 6 nitrogen and oxygen atoms in total. The summed E-state index contributed by atoms with van der Waals surface area (Å²) in [6.45, 7) is 5.65. The Kier molecular flexibility index (Phi) is 5.48. The van der Waals surface area contributed by atoms with Crippen molar-refractivity contribution < 1.29 is 13.2 Å². The summed E-state index contributed by atoms with van der Waals surface area (Å²) < 4.78 is 26.6. The molecule has 2 aromatic rings. The van der Waals surface area contributed by atoms with Crippen molar-refractivity contribution in [2.24, 2.45) is 0 Å². The maximum Gasteiger partial charge on any atom is 0.253 e. The van der Waals surface area contributed by atoms with Crippen molar-refractivity contribution >= 4 is 27.3 Å². The van der Waals surface area contributed by atoms with E-state index in [1.54, 1.807) is 0 Å². The quantitative estimate of drug-likeness (QED) is 0.801. The van der Waals surface area contributed by atoms with Crippen molar-refractivity contribution in [3.8, 4) is 5.69 Å². The van der Waals surface area contributed by atoms with E-state index in [0.717, 1.165) is 43.0 Å². The van der Waals surface area contributed by atoms with Crippen LogP contribution in [-0.4, -0.2) is 60.5 Å². The number of halogens is 1. The molecule has 2 saturated heterocycles. The molecule has 3 heterocycles. The standard InChI is InChI=1S/C21H26ClN3O3S/c1-14-11-18(15(2)25(14)17-7-5-16(22)6-8-17)21(26)23-19-12-29(27,28)13-20(19)24-9-3-4-10-24/h5-8,11,19-20H,3-4,9-10,12-13H2,1-2H3,(H,23,26). The second-order valence-corrected chi connectivity index (χ2v) is 10.7. The van der Waals surface area contributed by atoms with Crippen LogP contribution in [-0.2, 0) is 9.84 Å². The first-order valence-electron chi connectivity index (χ1n) is 9.95. The molecule has 1 aromatic heterocycles. The van der Waals surface area contributed by atoms with Gasteiger partial charge in [0.25, 0.3) is 5.91 Å². The lowest BCUT2D eigenvalue weighted by Gasteiger charge is -2.28. The molecule has 2 aliphatic heterocycles. The van der Waals surface area contributed by atoms with E-state index in [4.69, 9.17) is 11.6 Å². The van der Waals surface area contributed by atoms with Crippen LogP contribution in [0.15, 0.2) is 30.3 Å². The fraction of sp³-hybridized carbons (Fsp3) is 0.476. The Hall–Kier alpha value is -1.83. The normalized spacial score (nSPS) is 24.1. The summed E-state index contributed by atoms with van der Waals surface area (Å²) in [6, 6.07) is 8.82. The lowest BCUT2D eigenvalue weighted by Crippen LogP contribution is -2.50. The van der Waals surface area contributed by atoms with Crippen LogP contribution in [0.4, 0.5) is 0 Å². The molecular formula is C21H26ClN3O3S. The molecule has 2 atom stereocenters. The van der Waals surface area contributed by atoms with Crippen molar-refractivity contribution in [2.75, 3.05) is 24.6 Å². The minimum absolute atomic E-state index is 0.00975. The van der Waals surface area contributed by atoms with Gasteiger partial charge in [-0.05, 0) is 70.1 Å². The van der Waals surface area contributed by atoms with Gasteiger partial charge in [-0.25, -0.2) is 8.42 Å². The Bertz CT molecular complexity index is 1020. The zero-order chi connectivity index (χ0) is 20.8. The first-order chi connectivity index (χ1) is 13.7. The van der Waals surface area contributed by atoms with Crippen molar-refractivity contribution in [2.45, 2.75) is 38.8 Å². The highest BCUT2D eigenvalue weighted by Crippen LogP contribution is 2.25. The SMILES string of the molecule is Cc1cc(C(=O)NC2CS(=O)(=O)CC2N2CCCC2)c(C)n1-c1ccc(Cl)cc1. The monoisotopic (exact) mass is 435 g/mol. The molecule has 1 N–H and O–H groups in total. The van der Waals surface area contributed by atoms with Crippen LogP contribution >= 0.6 is 11.6 Å². The van der Waals surface area contributed by atoms with Crippen LogP contribution in [0.5, 0.6) is 0 Å². The molecule has 2 unspecified atom stereocenters. The van der Waals surface area contributed by atoms with E-state index in [9.17, 15) is 13.2 Å². The Morgan fingerprint density at radius 3 is 2.41 bits per heavy atom. The molecule has 29 heavy (non-hydrogen) atoms. The van der Waals surface area contributed by atoms with Crippen molar-refractivity contribution in [1.82, 2.24) is 14.8 Å². The summed E-state index contributed by atoms with van der Waals surface area (Å²) in [7, 11) is -3.14. The lowest BCUT2D eigenvalue weighted by atomic mass is 10.1. The summed E-state index contributed by atoms with van der Waals surface area (Å²) in [4.78, 5) is 15.3. The molecule has 8 heteroatoms. The zero-order valence-electron chi connectivity index (χ0n) is 16.7. The molecule has 156 valence electrons. The van der Waals surface area contributed by atoms with Gasteiger partial charge in [0, 0.05) is 28.1 Å². The lowest BCUT2D eigenvalue weighted by molar-refractivity contribution is 0.0918. The Balaban J connectivity index is 1.58. The van der Waals surface area contributed by atoms with Gasteiger partial charge in [0.15, 0.2) is 9.84 Å². The molecule has 0 radical (unpaired) electrons. The van der Waals surface area contributed by atoms with Gasteiger partial charge < -0.3 is 9.88 Å². The van der Waals surface area contributed by atoms with Crippen molar-refractivity contribution in [1.29, 1.82) is 0 Å². The number of aryl methyl sites for hydroxylation is 1. The van der Waals surface area contributed by atoms with E-state index in [1.807, 2.05) is 48.7 Å². The molecular weight excluding hydrogens is 410 g/mol. The highest BCUT2D eigenvalue weighted by molar-refractivity contribution is 7.91. The van der Waals surface area contributed by atoms with Crippen LogP contribution in [0.1, 0.15) is 34.6 Å². The summed E-state index contributed by atoms with van der Waals surface area (Å²) in [5.41, 5.74) is 3.26. The molecule has 1 aromatic carbocycles. The largest absolute Gasteiger partial charge is 0.347 e. The fourth-order valence-corrected chi connectivity index (χ4v) is 6.70. The maximum atomic E-state index is 13.1. The van der Waals surface area contributed by atoms with Gasteiger partial charge in [0.1, 0.15) is 0 Å². The molecule has 2 fully saturated rings. The Morgan fingerprint density at radius 1 is 1.10 bits per heavy atom. The van der Waals surface area contributed by atoms with Crippen LogP contribution in [0.2, 0.25) is 5.02 Å². The minimum atomic E-state index is -3.14. The fourth-order valence-electron chi connectivity index (χ4n) is 4.63. The van der Waals surface area contributed by atoms with E-state index >= 15 is 0 Å². The number of likely N-dealkylation sites (tertiary alicyclic amines) is 1. The number of hydrogen-bond donors (Lipinski definition) is 1.